The Morgan fingerprint density at radius 2 is 1.64 bits per heavy atom. The zero-order chi connectivity index (χ0) is 15.4. The highest BCUT2D eigenvalue weighted by Crippen LogP contribution is 2.35. The molecule has 0 radical (unpaired) electrons. The maximum Gasteiger partial charge on any atom is 0.0406 e. The fraction of sp³-hybridized carbons (Fsp3) is 0.143. The van der Waals surface area contributed by atoms with Gasteiger partial charge in [0, 0.05) is 5.02 Å². The lowest BCUT2D eigenvalue weighted by atomic mass is 9.88. The van der Waals surface area contributed by atoms with Gasteiger partial charge in [-0.1, -0.05) is 79.2 Å². The first kappa shape index (κ1) is 14.9. The van der Waals surface area contributed by atoms with Crippen LogP contribution in [0.4, 0.5) is 0 Å². The van der Waals surface area contributed by atoms with Crippen LogP contribution in [0.2, 0.25) is 5.02 Å². The molecular weight excluding hydrogens is 288 g/mol. The summed E-state index contributed by atoms with van der Waals surface area (Å²) in [5.41, 5.74) is 6.62. The van der Waals surface area contributed by atoms with E-state index in [0.717, 1.165) is 17.9 Å². The largest absolute Gasteiger partial charge is 0.0843 e. The van der Waals surface area contributed by atoms with Crippen LogP contribution in [0.3, 0.4) is 0 Å². The Labute approximate surface area is 137 Å². The molecule has 0 nitrogen and oxygen atoms in total. The molecule has 0 fully saturated rings. The number of hydrogen-bond acceptors (Lipinski definition) is 0. The second-order valence-corrected chi connectivity index (χ2v) is 5.84. The van der Waals surface area contributed by atoms with Crippen molar-refractivity contribution in [3.63, 3.8) is 0 Å². The van der Waals surface area contributed by atoms with Gasteiger partial charge in [0.2, 0.25) is 0 Å². The highest BCUT2D eigenvalue weighted by Gasteiger charge is 2.14. The monoisotopic (exact) mass is 306 g/mol. The number of halogens is 1. The Bertz CT molecular complexity index is 731. The molecule has 0 N–H and O–H groups in total. The number of rotatable bonds is 4. The molecule has 0 aromatic heterocycles. The summed E-state index contributed by atoms with van der Waals surface area (Å²) in [7, 11) is 0. The average molecular weight is 307 g/mol. The molecule has 1 aliphatic carbocycles. The summed E-state index contributed by atoms with van der Waals surface area (Å²) in [5, 5.41) is 0.774. The lowest BCUT2D eigenvalue weighted by Gasteiger charge is -2.17. The second-order valence-electron chi connectivity index (χ2n) is 5.40. The van der Waals surface area contributed by atoms with Gasteiger partial charge in [-0.3, -0.25) is 0 Å². The number of hydrogen-bond donors (Lipinski definition) is 0. The van der Waals surface area contributed by atoms with E-state index in [-0.39, 0.29) is 0 Å². The number of allylic oxidation sites excluding steroid dienone is 5. The van der Waals surface area contributed by atoms with E-state index in [4.69, 9.17) is 11.6 Å². The normalized spacial score (nSPS) is 14.7. The summed E-state index contributed by atoms with van der Waals surface area (Å²) in [6.07, 6.45) is 8.64. The molecule has 3 rings (SSSR count). The molecule has 0 atom stereocenters. The van der Waals surface area contributed by atoms with Gasteiger partial charge in [0.05, 0.1) is 0 Å². The van der Waals surface area contributed by atoms with Gasteiger partial charge in [0.15, 0.2) is 0 Å². The molecule has 0 aliphatic heterocycles. The van der Waals surface area contributed by atoms with Crippen molar-refractivity contribution in [3.8, 4) is 0 Å². The molecule has 2 aromatic carbocycles. The smallest absolute Gasteiger partial charge is 0.0406 e. The first-order chi connectivity index (χ1) is 10.8. The predicted molar refractivity (Wildman–Crippen MR) is 96.0 cm³/mol. The van der Waals surface area contributed by atoms with E-state index < -0.39 is 0 Å². The molecule has 0 saturated carbocycles. The van der Waals surface area contributed by atoms with Gasteiger partial charge >= 0.3 is 0 Å². The molecule has 1 heteroatoms. The topological polar surface area (TPSA) is 0 Å². The molecule has 22 heavy (non-hydrogen) atoms. The summed E-state index contributed by atoms with van der Waals surface area (Å²) in [6, 6.07) is 18.8. The van der Waals surface area contributed by atoms with Crippen LogP contribution in [0.5, 0.6) is 0 Å². The minimum absolute atomic E-state index is 0.774. The molecule has 2 aromatic rings. The Morgan fingerprint density at radius 3 is 2.23 bits per heavy atom. The highest BCUT2D eigenvalue weighted by molar-refractivity contribution is 6.30. The summed E-state index contributed by atoms with van der Waals surface area (Å²) >= 11 is 6.07. The van der Waals surface area contributed by atoms with Crippen molar-refractivity contribution in [1.82, 2.24) is 0 Å². The third kappa shape index (κ3) is 3.08. The van der Waals surface area contributed by atoms with Crippen molar-refractivity contribution in [2.75, 3.05) is 0 Å². The lowest BCUT2D eigenvalue weighted by molar-refractivity contribution is 1.08. The van der Waals surface area contributed by atoms with Crippen LogP contribution in [-0.4, -0.2) is 0 Å². The maximum absolute atomic E-state index is 6.07. The van der Waals surface area contributed by atoms with Crippen molar-refractivity contribution < 1.29 is 0 Å². The maximum atomic E-state index is 6.07. The standard InChI is InChI=1S/C21H19Cl/c1-2-20(16-8-6-7-9-16)21(17-10-4-3-5-11-17)18-12-14-19(22)15-13-18/h3-8,10-15H,2,9H2,1H3/b21-20-. The second kappa shape index (κ2) is 6.81. The van der Waals surface area contributed by atoms with Crippen molar-refractivity contribution in [1.29, 1.82) is 0 Å². The predicted octanol–water partition coefficient (Wildman–Crippen LogP) is 6.44. The minimum atomic E-state index is 0.774. The first-order valence-electron chi connectivity index (χ1n) is 7.70. The zero-order valence-corrected chi connectivity index (χ0v) is 13.5. The average Bonchev–Trinajstić information content (AvgIpc) is 3.08. The van der Waals surface area contributed by atoms with Crippen LogP contribution in [0, 0.1) is 0 Å². The van der Waals surface area contributed by atoms with E-state index in [2.05, 4.69) is 67.6 Å². The van der Waals surface area contributed by atoms with Gasteiger partial charge in [-0.15, -0.1) is 0 Å². The minimum Gasteiger partial charge on any atom is -0.0843 e. The van der Waals surface area contributed by atoms with Crippen molar-refractivity contribution >= 4 is 17.2 Å². The van der Waals surface area contributed by atoms with Crippen LogP contribution in [0.1, 0.15) is 30.9 Å². The number of benzene rings is 2. The van der Waals surface area contributed by atoms with Crippen LogP contribution in [0.15, 0.2) is 84.0 Å². The van der Waals surface area contributed by atoms with Gasteiger partial charge in [-0.25, -0.2) is 0 Å². The summed E-state index contributed by atoms with van der Waals surface area (Å²) in [6.45, 7) is 2.23. The molecule has 0 heterocycles. The molecule has 1 aliphatic rings. The zero-order valence-electron chi connectivity index (χ0n) is 12.7. The van der Waals surface area contributed by atoms with Gasteiger partial charge in [0.1, 0.15) is 0 Å². The van der Waals surface area contributed by atoms with E-state index in [0.29, 0.717) is 0 Å². The lowest BCUT2D eigenvalue weighted by Crippen LogP contribution is -1.97. The molecular formula is C21H19Cl. The van der Waals surface area contributed by atoms with E-state index >= 15 is 0 Å². The van der Waals surface area contributed by atoms with E-state index in [1.807, 2.05) is 12.1 Å². The molecule has 110 valence electrons. The van der Waals surface area contributed by atoms with Crippen LogP contribution < -0.4 is 0 Å². The molecule has 0 saturated heterocycles. The first-order valence-corrected chi connectivity index (χ1v) is 8.08. The Balaban J connectivity index is 2.20. The van der Waals surface area contributed by atoms with Crippen LogP contribution >= 0.6 is 11.6 Å². The Hall–Kier alpha value is -2.05. The molecule has 0 bridgehead atoms. The fourth-order valence-corrected chi connectivity index (χ4v) is 3.10. The Morgan fingerprint density at radius 1 is 0.955 bits per heavy atom. The summed E-state index contributed by atoms with van der Waals surface area (Å²) in [5.74, 6) is 0. The van der Waals surface area contributed by atoms with E-state index in [9.17, 15) is 0 Å². The van der Waals surface area contributed by atoms with Gasteiger partial charge < -0.3 is 0 Å². The molecule has 0 amide bonds. The fourth-order valence-electron chi connectivity index (χ4n) is 2.97. The third-order valence-electron chi connectivity index (χ3n) is 4.01. The summed E-state index contributed by atoms with van der Waals surface area (Å²) < 4.78 is 0. The van der Waals surface area contributed by atoms with Crippen molar-refractivity contribution in [2.24, 2.45) is 0 Å². The van der Waals surface area contributed by atoms with Gasteiger partial charge in [-0.2, -0.15) is 0 Å². The van der Waals surface area contributed by atoms with Crippen molar-refractivity contribution in [3.05, 3.63) is 100 Å². The Kier molecular flexibility index (Phi) is 4.60. The molecule has 0 spiro atoms. The molecule has 0 unspecified atom stereocenters. The van der Waals surface area contributed by atoms with Gasteiger partial charge in [0.25, 0.3) is 0 Å². The quantitative estimate of drug-likeness (QED) is 0.610. The summed E-state index contributed by atoms with van der Waals surface area (Å²) in [4.78, 5) is 0. The highest BCUT2D eigenvalue weighted by atomic mass is 35.5. The SMILES string of the molecule is CC/C(C1=CC=CC1)=C(\c1ccccc1)c1ccc(Cl)cc1. The van der Waals surface area contributed by atoms with Crippen molar-refractivity contribution in [2.45, 2.75) is 19.8 Å². The van der Waals surface area contributed by atoms with Crippen LogP contribution in [-0.2, 0) is 0 Å². The third-order valence-corrected chi connectivity index (χ3v) is 4.26. The van der Waals surface area contributed by atoms with E-state index in [1.165, 1.54) is 27.8 Å². The van der Waals surface area contributed by atoms with Gasteiger partial charge in [-0.05, 0) is 52.8 Å². The van der Waals surface area contributed by atoms with Crippen LogP contribution in [0.25, 0.3) is 5.57 Å². The van der Waals surface area contributed by atoms with E-state index in [1.54, 1.807) is 0 Å².